The molecule has 0 aromatic heterocycles. The Kier molecular flexibility index (Phi) is 4.18. The first-order chi connectivity index (χ1) is 11.6. The van der Waals surface area contributed by atoms with Crippen LogP contribution in [0.3, 0.4) is 0 Å². The number of halogens is 1. The standard InChI is InChI=1S/C18H21IN2O3/c19-13-3-5-14(6-4-13)20-8-10-21(11-9-20)16(22)18-7-1-2-15(12-18)24-17(18)23/h3-6,15H,1-2,7-12H2. The maximum absolute atomic E-state index is 13.0. The van der Waals surface area contributed by atoms with Crippen LogP contribution >= 0.6 is 22.6 Å². The molecular formula is C18H21IN2O3. The number of esters is 1. The molecule has 6 heteroatoms. The predicted molar refractivity (Wildman–Crippen MR) is 98.7 cm³/mol. The third kappa shape index (κ3) is 2.68. The van der Waals surface area contributed by atoms with Crippen LogP contribution < -0.4 is 4.90 Å². The van der Waals surface area contributed by atoms with Crippen LogP contribution in [0.4, 0.5) is 5.69 Å². The Morgan fingerprint density at radius 3 is 2.58 bits per heavy atom. The number of nitrogens with zero attached hydrogens (tertiary/aromatic N) is 2. The van der Waals surface area contributed by atoms with Gasteiger partial charge in [0.25, 0.3) is 0 Å². The van der Waals surface area contributed by atoms with E-state index in [0.29, 0.717) is 25.9 Å². The van der Waals surface area contributed by atoms with Gasteiger partial charge < -0.3 is 14.5 Å². The first kappa shape index (κ1) is 16.2. The molecule has 0 spiro atoms. The topological polar surface area (TPSA) is 49.9 Å². The smallest absolute Gasteiger partial charge is 0.322 e. The van der Waals surface area contributed by atoms with Crippen molar-refractivity contribution in [3.8, 4) is 0 Å². The van der Waals surface area contributed by atoms with Gasteiger partial charge in [0.2, 0.25) is 5.91 Å². The molecule has 0 radical (unpaired) electrons. The van der Waals surface area contributed by atoms with E-state index in [1.54, 1.807) is 0 Å². The van der Waals surface area contributed by atoms with E-state index in [9.17, 15) is 9.59 Å². The van der Waals surface area contributed by atoms with E-state index in [1.165, 1.54) is 9.26 Å². The summed E-state index contributed by atoms with van der Waals surface area (Å²) in [5, 5.41) is 0. The molecule has 2 heterocycles. The fourth-order valence-electron chi connectivity index (χ4n) is 4.18. The lowest BCUT2D eigenvalue weighted by Crippen LogP contribution is -2.54. The molecule has 1 aromatic carbocycles. The Morgan fingerprint density at radius 1 is 1.17 bits per heavy atom. The van der Waals surface area contributed by atoms with Gasteiger partial charge in [0.15, 0.2) is 0 Å². The van der Waals surface area contributed by atoms with Crippen LogP contribution in [0.1, 0.15) is 25.7 Å². The first-order valence-electron chi connectivity index (χ1n) is 8.59. The summed E-state index contributed by atoms with van der Waals surface area (Å²) in [7, 11) is 0. The second-order valence-electron chi connectivity index (χ2n) is 6.96. The molecule has 3 fully saturated rings. The van der Waals surface area contributed by atoms with Crippen molar-refractivity contribution in [2.45, 2.75) is 31.8 Å². The molecule has 2 atom stereocenters. The second-order valence-corrected chi connectivity index (χ2v) is 8.21. The zero-order valence-electron chi connectivity index (χ0n) is 13.5. The van der Waals surface area contributed by atoms with E-state index in [2.05, 4.69) is 51.8 Å². The minimum Gasteiger partial charge on any atom is -0.462 e. The molecule has 1 aromatic rings. The monoisotopic (exact) mass is 440 g/mol. The van der Waals surface area contributed by atoms with Crippen LogP contribution in [-0.2, 0) is 14.3 Å². The summed E-state index contributed by atoms with van der Waals surface area (Å²) in [6.45, 7) is 2.96. The van der Waals surface area contributed by atoms with Gasteiger partial charge in [-0.3, -0.25) is 9.59 Å². The Hall–Kier alpha value is -1.31. The molecule has 1 saturated carbocycles. The summed E-state index contributed by atoms with van der Waals surface area (Å²) in [6.07, 6.45) is 3.01. The lowest BCUT2D eigenvalue weighted by atomic mass is 9.74. The molecule has 4 rings (SSSR count). The third-order valence-electron chi connectivity index (χ3n) is 5.54. The first-order valence-corrected chi connectivity index (χ1v) is 9.67. The van der Waals surface area contributed by atoms with E-state index in [0.717, 1.165) is 25.9 Å². The molecule has 2 aliphatic heterocycles. The molecule has 5 nitrogen and oxygen atoms in total. The van der Waals surface area contributed by atoms with Crippen LogP contribution in [0.2, 0.25) is 0 Å². The normalized spacial score (nSPS) is 29.5. The maximum atomic E-state index is 13.0. The van der Waals surface area contributed by atoms with Crippen LogP contribution in [-0.4, -0.2) is 49.1 Å². The number of amides is 1. The zero-order chi connectivity index (χ0) is 16.7. The number of ether oxygens (including phenoxy) is 1. The predicted octanol–water partition coefficient (Wildman–Crippen LogP) is 2.43. The Bertz CT molecular complexity index is 655. The lowest BCUT2D eigenvalue weighted by molar-refractivity contribution is -0.157. The van der Waals surface area contributed by atoms with Gasteiger partial charge in [-0.05, 0) is 66.1 Å². The van der Waals surface area contributed by atoms with Gasteiger partial charge in [-0.1, -0.05) is 0 Å². The second kappa shape index (κ2) is 6.20. The summed E-state index contributed by atoms with van der Waals surface area (Å²) < 4.78 is 6.62. The highest BCUT2D eigenvalue weighted by Gasteiger charge is 2.57. The highest BCUT2D eigenvalue weighted by atomic mass is 127. The number of fused-ring (bicyclic) bond motifs is 2. The van der Waals surface area contributed by atoms with Crippen LogP contribution in [0, 0.1) is 8.99 Å². The van der Waals surface area contributed by atoms with Crippen molar-refractivity contribution >= 4 is 40.2 Å². The molecular weight excluding hydrogens is 419 g/mol. The number of piperazine rings is 1. The SMILES string of the molecule is O=C1OC2CCCC1(C(=O)N1CCN(c3ccc(I)cc3)CC1)C2. The highest BCUT2D eigenvalue weighted by molar-refractivity contribution is 14.1. The fourth-order valence-corrected chi connectivity index (χ4v) is 4.54. The molecule has 1 aliphatic carbocycles. The van der Waals surface area contributed by atoms with Crippen molar-refractivity contribution in [3.05, 3.63) is 27.8 Å². The van der Waals surface area contributed by atoms with Crippen molar-refractivity contribution in [1.29, 1.82) is 0 Å². The number of benzene rings is 1. The van der Waals surface area contributed by atoms with Crippen LogP contribution in [0.15, 0.2) is 24.3 Å². The van der Waals surface area contributed by atoms with Crippen molar-refractivity contribution in [3.63, 3.8) is 0 Å². The van der Waals surface area contributed by atoms with Crippen molar-refractivity contribution < 1.29 is 14.3 Å². The van der Waals surface area contributed by atoms with Gasteiger partial charge in [-0.25, -0.2) is 0 Å². The van der Waals surface area contributed by atoms with E-state index >= 15 is 0 Å². The summed E-state index contributed by atoms with van der Waals surface area (Å²) in [4.78, 5) is 29.5. The largest absolute Gasteiger partial charge is 0.462 e. The molecule has 0 N–H and O–H groups in total. The Balaban J connectivity index is 1.43. The third-order valence-corrected chi connectivity index (χ3v) is 6.26. The highest BCUT2D eigenvalue weighted by Crippen LogP contribution is 2.46. The summed E-state index contributed by atoms with van der Waals surface area (Å²) >= 11 is 2.30. The van der Waals surface area contributed by atoms with Crippen LogP contribution in [0.5, 0.6) is 0 Å². The van der Waals surface area contributed by atoms with Crippen LogP contribution in [0.25, 0.3) is 0 Å². The molecule has 24 heavy (non-hydrogen) atoms. The van der Waals surface area contributed by atoms with Gasteiger partial charge in [0, 0.05) is 41.9 Å². The number of carbonyl (C=O) groups excluding carboxylic acids is 2. The average Bonchev–Trinajstić information content (AvgIpc) is 2.84. The van der Waals surface area contributed by atoms with Gasteiger partial charge in [-0.15, -0.1) is 0 Å². The number of anilines is 1. The van der Waals surface area contributed by atoms with Gasteiger partial charge >= 0.3 is 5.97 Å². The quantitative estimate of drug-likeness (QED) is 0.403. The molecule has 128 valence electrons. The minimum atomic E-state index is -0.881. The lowest BCUT2D eigenvalue weighted by Gasteiger charge is -2.39. The van der Waals surface area contributed by atoms with Crippen molar-refractivity contribution in [2.24, 2.45) is 5.41 Å². The molecule has 1 amide bonds. The summed E-state index contributed by atoms with van der Waals surface area (Å²) in [6, 6.07) is 8.45. The number of hydrogen-bond acceptors (Lipinski definition) is 4. The zero-order valence-corrected chi connectivity index (χ0v) is 15.7. The van der Waals surface area contributed by atoms with E-state index in [-0.39, 0.29) is 18.0 Å². The molecule has 2 saturated heterocycles. The van der Waals surface area contributed by atoms with Crippen molar-refractivity contribution in [1.82, 2.24) is 4.90 Å². The van der Waals surface area contributed by atoms with Crippen molar-refractivity contribution in [2.75, 3.05) is 31.1 Å². The number of rotatable bonds is 2. The van der Waals surface area contributed by atoms with E-state index in [1.807, 2.05) is 4.90 Å². The molecule has 3 aliphatic rings. The Labute approximate surface area is 155 Å². The van der Waals surface area contributed by atoms with E-state index in [4.69, 9.17) is 4.74 Å². The average molecular weight is 440 g/mol. The Morgan fingerprint density at radius 2 is 1.88 bits per heavy atom. The van der Waals surface area contributed by atoms with Gasteiger partial charge in [0.05, 0.1) is 0 Å². The summed E-state index contributed by atoms with van der Waals surface area (Å²) in [5.41, 5.74) is 0.312. The number of hydrogen-bond donors (Lipinski definition) is 0. The molecule has 2 bridgehead atoms. The summed E-state index contributed by atoms with van der Waals surface area (Å²) in [5.74, 6) is -0.285. The molecule has 2 unspecified atom stereocenters. The van der Waals surface area contributed by atoms with Gasteiger partial charge in [-0.2, -0.15) is 0 Å². The minimum absolute atomic E-state index is 0.00281. The fraction of sp³-hybridized carbons (Fsp3) is 0.556. The number of carbonyl (C=O) groups is 2. The van der Waals surface area contributed by atoms with E-state index < -0.39 is 5.41 Å². The maximum Gasteiger partial charge on any atom is 0.322 e. The van der Waals surface area contributed by atoms with Gasteiger partial charge in [0.1, 0.15) is 11.5 Å².